The van der Waals surface area contributed by atoms with Gasteiger partial charge in [0, 0.05) is 10.2 Å². The molecule has 0 radical (unpaired) electrons. The number of ether oxygens (including phenoxy) is 4. The summed E-state index contributed by atoms with van der Waals surface area (Å²) < 4.78 is 22.6. The van der Waals surface area contributed by atoms with Gasteiger partial charge in [-0.15, -0.1) is 0 Å². The van der Waals surface area contributed by atoms with Crippen molar-refractivity contribution in [2.24, 2.45) is 0 Å². The number of thiocarbonyl (C=S) groups is 1. The molecule has 0 spiro atoms. The Morgan fingerprint density at radius 3 is 2.49 bits per heavy atom. The number of benzene rings is 2. The van der Waals surface area contributed by atoms with Crippen LogP contribution >= 0.6 is 28.1 Å². The van der Waals surface area contributed by atoms with Gasteiger partial charge in [0.15, 0.2) is 23.2 Å². The Morgan fingerprint density at radius 1 is 1.08 bits per heavy atom. The number of nitrogens with one attached hydrogen (secondary N) is 3. The number of allylic oxidation sites excluding steroid dienone is 1. The lowest BCUT2D eigenvalue weighted by atomic mass is 9.93. The van der Waals surface area contributed by atoms with Gasteiger partial charge >= 0.3 is 5.97 Å². The molecule has 1 aliphatic rings. The Morgan fingerprint density at radius 2 is 1.81 bits per heavy atom. The van der Waals surface area contributed by atoms with Gasteiger partial charge in [-0.2, -0.15) is 0 Å². The van der Waals surface area contributed by atoms with E-state index in [2.05, 4.69) is 31.9 Å². The van der Waals surface area contributed by atoms with Crippen LogP contribution in [-0.2, 0) is 14.3 Å². The Hall–Kier alpha value is -3.31. The molecule has 37 heavy (non-hydrogen) atoms. The van der Waals surface area contributed by atoms with E-state index in [0.29, 0.717) is 55.8 Å². The summed E-state index contributed by atoms with van der Waals surface area (Å²) in [7, 11) is 3.03. The van der Waals surface area contributed by atoms with Crippen molar-refractivity contribution in [1.29, 1.82) is 0 Å². The highest BCUT2D eigenvalue weighted by Crippen LogP contribution is 2.40. The first-order chi connectivity index (χ1) is 17.8. The molecule has 1 amide bonds. The van der Waals surface area contributed by atoms with Crippen LogP contribution in [0.3, 0.4) is 0 Å². The second kappa shape index (κ2) is 13.3. The topological polar surface area (TPSA) is 107 Å². The van der Waals surface area contributed by atoms with Crippen molar-refractivity contribution in [1.82, 2.24) is 10.6 Å². The number of hydrogen-bond acceptors (Lipinski definition) is 7. The summed E-state index contributed by atoms with van der Waals surface area (Å²) in [4.78, 5) is 25.5. The molecular weight excluding hydrogens is 562 g/mol. The van der Waals surface area contributed by atoms with Gasteiger partial charge in [0.05, 0.1) is 38.1 Å². The first-order valence-corrected chi connectivity index (χ1v) is 12.9. The van der Waals surface area contributed by atoms with Crippen LogP contribution in [0.25, 0.3) is 0 Å². The predicted molar refractivity (Wildman–Crippen MR) is 148 cm³/mol. The van der Waals surface area contributed by atoms with Gasteiger partial charge < -0.3 is 34.9 Å². The van der Waals surface area contributed by atoms with E-state index in [1.807, 2.05) is 13.0 Å². The molecule has 11 heteroatoms. The third kappa shape index (κ3) is 6.92. The van der Waals surface area contributed by atoms with Crippen LogP contribution in [0.15, 0.2) is 52.1 Å². The zero-order chi connectivity index (χ0) is 26.9. The minimum Gasteiger partial charge on any atom is -0.495 e. The maximum absolute atomic E-state index is 13.0. The van der Waals surface area contributed by atoms with E-state index in [1.54, 1.807) is 37.3 Å². The average molecular weight is 593 g/mol. The Balaban J connectivity index is 1.87. The quantitative estimate of drug-likeness (QED) is 0.255. The molecule has 0 bridgehead atoms. The van der Waals surface area contributed by atoms with E-state index in [0.717, 1.165) is 6.42 Å². The number of rotatable bonds is 11. The number of anilines is 1. The number of esters is 1. The fraction of sp³-hybridized carbons (Fsp3) is 0.346. The van der Waals surface area contributed by atoms with Gasteiger partial charge in [-0.25, -0.2) is 4.79 Å². The van der Waals surface area contributed by atoms with E-state index in [1.165, 1.54) is 14.2 Å². The van der Waals surface area contributed by atoms with E-state index < -0.39 is 12.0 Å². The van der Waals surface area contributed by atoms with Crippen LogP contribution in [0.5, 0.6) is 17.2 Å². The molecule has 3 rings (SSSR count). The largest absolute Gasteiger partial charge is 0.495 e. The maximum atomic E-state index is 13.0. The zero-order valence-electron chi connectivity index (χ0n) is 21.1. The van der Waals surface area contributed by atoms with E-state index >= 15 is 0 Å². The number of amides is 1. The molecule has 1 heterocycles. The van der Waals surface area contributed by atoms with Crippen LogP contribution in [-0.4, -0.2) is 44.4 Å². The summed E-state index contributed by atoms with van der Waals surface area (Å²) in [5.74, 6) is 0.474. The number of methoxy groups -OCH3 is 2. The highest BCUT2D eigenvalue weighted by atomic mass is 79.9. The molecule has 198 valence electrons. The fourth-order valence-electron chi connectivity index (χ4n) is 3.87. The molecule has 9 nitrogen and oxygen atoms in total. The molecule has 0 aliphatic carbocycles. The molecule has 0 unspecified atom stereocenters. The van der Waals surface area contributed by atoms with Crippen LogP contribution in [0.1, 0.15) is 38.3 Å². The number of carbonyl (C=O) groups is 2. The van der Waals surface area contributed by atoms with E-state index in [-0.39, 0.29) is 19.1 Å². The van der Waals surface area contributed by atoms with Crippen molar-refractivity contribution in [3.05, 3.63) is 57.7 Å². The standard InChI is InChI=1S/C26H30BrN3O6S/c1-5-9-18-23(25(32)35-6-2)24(30-26(37)29-18)15-12-20(34-4)21(13-16(15)27)36-14-22(31)28-17-10-7-8-11-19(17)33-3/h7-8,10-13,24H,5-6,9,14H2,1-4H3,(H,28,31)(H2,29,30,37)/t24-/m1/s1. The highest BCUT2D eigenvalue weighted by molar-refractivity contribution is 9.10. The SMILES string of the molecule is CCCC1=C(C(=O)OCC)[C@@H](c2cc(OC)c(OCC(=O)Nc3ccccc3OC)cc2Br)NC(=S)N1. The van der Waals surface area contributed by atoms with E-state index in [9.17, 15) is 9.59 Å². The predicted octanol–water partition coefficient (Wildman–Crippen LogP) is 4.62. The maximum Gasteiger partial charge on any atom is 0.338 e. The number of hydrogen-bond donors (Lipinski definition) is 3. The molecule has 3 N–H and O–H groups in total. The Bertz CT molecular complexity index is 1200. The molecule has 1 aliphatic heterocycles. The van der Waals surface area contributed by atoms with Crippen molar-refractivity contribution < 1.29 is 28.5 Å². The molecule has 0 fully saturated rings. The Labute approximate surface area is 230 Å². The lowest BCUT2D eigenvalue weighted by molar-refractivity contribution is -0.139. The van der Waals surface area contributed by atoms with Gasteiger partial charge in [0.1, 0.15) is 5.75 Å². The first-order valence-electron chi connectivity index (χ1n) is 11.7. The molecule has 0 saturated heterocycles. The van der Waals surface area contributed by atoms with Gasteiger partial charge in [-0.1, -0.05) is 41.4 Å². The minimum absolute atomic E-state index is 0.243. The zero-order valence-corrected chi connectivity index (χ0v) is 23.5. The summed E-state index contributed by atoms with van der Waals surface area (Å²) in [6.07, 6.45) is 1.44. The first kappa shape index (κ1) is 28.3. The monoisotopic (exact) mass is 591 g/mol. The Kier molecular flexibility index (Phi) is 10.2. The summed E-state index contributed by atoms with van der Waals surface area (Å²) in [5.41, 5.74) is 2.40. The van der Waals surface area contributed by atoms with Gasteiger partial charge in [0.25, 0.3) is 5.91 Å². The van der Waals surface area contributed by atoms with Crippen LogP contribution < -0.4 is 30.2 Å². The minimum atomic E-state index is -0.583. The van der Waals surface area contributed by atoms with Gasteiger partial charge in [-0.3, -0.25) is 4.79 Å². The van der Waals surface area contributed by atoms with Crippen LogP contribution in [0, 0.1) is 0 Å². The average Bonchev–Trinajstić information content (AvgIpc) is 2.87. The molecule has 2 aromatic carbocycles. The van der Waals surface area contributed by atoms with Crippen molar-refractivity contribution in [3.8, 4) is 17.2 Å². The second-order valence-electron chi connectivity index (χ2n) is 7.96. The lowest BCUT2D eigenvalue weighted by Gasteiger charge is -2.32. The molecule has 0 saturated carbocycles. The highest BCUT2D eigenvalue weighted by Gasteiger charge is 2.34. The van der Waals surface area contributed by atoms with Crippen molar-refractivity contribution in [2.75, 3.05) is 32.8 Å². The molecule has 2 aromatic rings. The van der Waals surface area contributed by atoms with Gasteiger partial charge in [0.2, 0.25) is 0 Å². The number of para-hydroxylation sites is 2. The number of halogens is 1. The summed E-state index contributed by atoms with van der Waals surface area (Å²) in [5, 5.41) is 9.44. The third-order valence-electron chi connectivity index (χ3n) is 5.48. The van der Waals surface area contributed by atoms with Crippen molar-refractivity contribution in [3.63, 3.8) is 0 Å². The second-order valence-corrected chi connectivity index (χ2v) is 9.22. The smallest absolute Gasteiger partial charge is 0.338 e. The summed E-state index contributed by atoms with van der Waals surface area (Å²) >= 11 is 9.01. The van der Waals surface area contributed by atoms with E-state index in [4.69, 9.17) is 31.2 Å². The number of carbonyl (C=O) groups excluding carboxylic acids is 2. The van der Waals surface area contributed by atoms with Crippen LogP contribution in [0.2, 0.25) is 0 Å². The lowest BCUT2D eigenvalue weighted by Crippen LogP contribution is -2.46. The summed E-state index contributed by atoms with van der Waals surface area (Å²) in [6.45, 7) is 3.76. The molecular formula is C26H30BrN3O6S. The third-order valence-corrected chi connectivity index (χ3v) is 6.39. The van der Waals surface area contributed by atoms with Crippen molar-refractivity contribution >= 4 is 50.8 Å². The van der Waals surface area contributed by atoms with Crippen molar-refractivity contribution in [2.45, 2.75) is 32.7 Å². The molecule has 0 aromatic heterocycles. The van der Waals surface area contributed by atoms with Gasteiger partial charge in [-0.05, 0) is 55.4 Å². The fourth-order valence-corrected chi connectivity index (χ4v) is 4.66. The van der Waals surface area contributed by atoms with Crippen LogP contribution in [0.4, 0.5) is 5.69 Å². The normalized spacial score (nSPS) is 14.8. The molecule has 1 atom stereocenters. The summed E-state index contributed by atoms with van der Waals surface area (Å²) in [6, 6.07) is 9.95.